The average Bonchev–Trinajstić information content (AvgIpc) is 3.52. The minimum atomic E-state index is -1.36. The maximum absolute atomic E-state index is 13.8. The van der Waals surface area contributed by atoms with Gasteiger partial charge >= 0.3 is 5.97 Å². The Labute approximate surface area is 279 Å². The number of aliphatic hydroxyl groups excluding tert-OH is 1. The number of fused-ring (bicyclic) bond motifs is 1. The van der Waals surface area contributed by atoms with Gasteiger partial charge < -0.3 is 34.9 Å². The summed E-state index contributed by atoms with van der Waals surface area (Å²) in [6.07, 6.45) is 2.17. The van der Waals surface area contributed by atoms with Crippen molar-refractivity contribution in [2.45, 2.75) is 36.9 Å². The van der Waals surface area contributed by atoms with E-state index in [4.69, 9.17) is 19.3 Å². The lowest BCUT2D eigenvalue weighted by Gasteiger charge is -2.31. The number of esters is 1. The third kappa shape index (κ3) is 7.88. The van der Waals surface area contributed by atoms with E-state index in [0.717, 1.165) is 11.1 Å². The summed E-state index contributed by atoms with van der Waals surface area (Å²) in [6, 6.07) is 25.6. The SMILES string of the molecule is CN(C)C(=O)C=Cc1ccccc1C(=O)OC1CC(C(=O)NCCC(=O)NCCO)=CC2OC(c3ccccc3)(c3ccccc3)OC21. The van der Waals surface area contributed by atoms with Gasteiger partial charge in [-0.15, -0.1) is 0 Å². The molecule has 0 aromatic heterocycles. The van der Waals surface area contributed by atoms with Crippen molar-refractivity contribution in [2.24, 2.45) is 0 Å². The molecule has 11 nitrogen and oxygen atoms in total. The van der Waals surface area contributed by atoms with Crippen molar-refractivity contribution in [3.05, 3.63) is 125 Å². The fourth-order valence-electron chi connectivity index (χ4n) is 5.62. The van der Waals surface area contributed by atoms with Gasteiger partial charge in [-0.3, -0.25) is 14.4 Å². The van der Waals surface area contributed by atoms with Crippen LogP contribution in [0.2, 0.25) is 0 Å². The largest absolute Gasteiger partial charge is 0.456 e. The molecule has 5 rings (SSSR count). The van der Waals surface area contributed by atoms with Gasteiger partial charge in [-0.05, 0) is 23.8 Å². The van der Waals surface area contributed by atoms with Gasteiger partial charge in [0.05, 0.1) is 12.2 Å². The summed E-state index contributed by atoms with van der Waals surface area (Å²) >= 11 is 0. The van der Waals surface area contributed by atoms with Crippen LogP contribution in [0.5, 0.6) is 0 Å². The second-order valence-corrected chi connectivity index (χ2v) is 11.6. The van der Waals surface area contributed by atoms with Crippen molar-refractivity contribution in [1.82, 2.24) is 15.5 Å². The third-order valence-electron chi connectivity index (χ3n) is 8.04. The molecule has 0 saturated carbocycles. The summed E-state index contributed by atoms with van der Waals surface area (Å²) in [6.45, 7) is 0.00563. The van der Waals surface area contributed by atoms with E-state index < -0.39 is 36.0 Å². The van der Waals surface area contributed by atoms with Crippen LogP contribution in [0.4, 0.5) is 0 Å². The van der Waals surface area contributed by atoms with Crippen LogP contribution >= 0.6 is 0 Å². The van der Waals surface area contributed by atoms with Crippen LogP contribution in [-0.4, -0.2) is 85.8 Å². The number of amides is 3. The standard InChI is InChI=1S/C37H39N3O8/c1-40(2)33(43)18-17-25-11-9-10-16-29(25)36(45)46-30-23-26(35(44)39-20-19-32(42)38-21-22-41)24-31-34(30)48-37(47-31,27-12-5-3-6-13-27)28-14-7-4-8-15-28/h3-18,24,30-31,34,41H,19-23H2,1-2H3,(H,38,42)(H,39,44). The van der Waals surface area contributed by atoms with Crippen LogP contribution in [-0.2, 0) is 34.4 Å². The van der Waals surface area contributed by atoms with Crippen LogP contribution in [0.15, 0.2) is 103 Å². The maximum Gasteiger partial charge on any atom is 0.339 e. The van der Waals surface area contributed by atoms with Crippen molar-refractivity contribution < 1.29 is 38.5 Å². The smallest absolute Gasteiger partial charge is 0.339 e. The molecule has 0 bridgehead atoms. The molecule has 3 N–H and O–H groups in total. The highest BCUT2D eigenvalue weighted by molar-refractivity contribution is 5.97. The summed E-state index contributed by atoms with van der Waals surface area (Å²) < 4.78 is 19.6. The topological polar surface area (TPSA) is 144 Å². The van der Waals surface area contributed by atoms with E-state index in [1.165, 1.54) is 11.0 Å². The summed E-state index contributed by atoms with van der Waals surface area (Å²) in [5.41, 5.74) is 2.50. The normalized spacial score (nSPS) is 19.6. The number of rotatable bonds is 12. The number of likely N-dealkylation sites (N-methyl/N-ethyl adjacent to an activating group) is 1. The molecule has 1 fully saturated rings. The highest BCUT2D eigenvalue weighted by Gasteiger charge is 2.55. The highest BCUT2D eigenvalue weighted by Crippen LogP contribution is 2.47. The number of carbonyl (C=O) groups excluding carboxylic acids is 4. The zero-order valence-electron chi connectivity index (χ0n) is 26.8. The van der Waals surface area contributed by atoms with Crippen molar-refractivity contribution in [3.8, 4) is 0 Å². The van der Waals surface area contributed by atoms with Gasteiger partial charge in [0.2, 0.25) is 23.5 Å². The van der Waals surface area contributed by atoms with E-state index in [2.05, 4.69) is 10.6 Å². The van der Waals surface area contributed by atoms with Gasteiger partial charge in [0.15, 0.2) is 0 Å². The molecule has 2 aliphatic rings. The fraction of sp³-hybridized carbons (Fsp3) is 0.297. The van der Waals surface area contributed by atoms with Crippen molar-refractivity contribution in [3.63, 3.8) is 0 Å². The number of benzene rings is 3. The minimum absolute atomic E-state index is 0.0227. The quantitative estimate of drug-likeness (QED) is 0.200. The predicted octanol–water partition coefficient (Wildman–Crippen LogP) is 2.94. The number of nitrogens with zero attached hydrogens (tertiary/aromatic N) is 1. The Bertz CT molecular complexity index is 1630. The van der Waals surface area contributed by atoms with E-state index in [-0.39, 0.29) is 49.9 Å². The first kappa shape index (κ1) is 34.2. The molecule has 3 aromatic carbocycles. The average molecular weight is 654 g/mol. The van der Waals surface area contributed by atoms with Crippen LogP contribution in [0, 0.1) is 0 Å². The first-order valence-corrected chi connectivity index (χ1v) is 15.7. The van der Waals surface area contributed by atoms with E-state index in [0.29, 0.717) is 11.1 Å². The van der Waals surface area contributed by atoms with E-state index >= 15 is 0 Å². The third-order valence-corrected chi connectivity index (χ3v) is 8.04. The maximum atomic E-state index is 13.8. The van der Waals surface area contributed by atoms with Gasteiger partial charge in [-0.25, -0.2) is 4.79 Å². The molecule has 3 atom stereocenters. The van der Waals surface area contributed by atoms with E-state index in [1.807, 2.05) is 60.7 Å². The predicted molar refractivity (Wildman–Crippen MR) is 177 cm³/mol. The molecule has 3 aromatic rings. The number of ether oxygens (including phenoxy) is 3. The molecular weight excluding hydrogens is 614 g/mol. The molecule has 250 valence electrons. The minimum Gasteiger partial charge on any atom is -0.456 e. The van der Waals surface area contributed by atoms with Crippen molar-refractivity contribution in [1.29, 1.82) is 0 Å². The summed E-state index contributed by atoms with van der Waals surface area (Å²) in [5.74, 6) is -3.00. The zero-order valence-corrected chi connectivity index (χ0v) is 26.8. The molecule has 0 spiro atoms. The van der Waals surface area contributed by atoms with E-state index in [1.54, 1.807) is 50.5 Å². The molecule has 1 aliphatic heterocycles. The molecule has 11 heteroatoms. The second-order valence-electron chi connectivity index (χ2n) is 11.6. The lowest BCUT2D eigenvalue weighted by molar-refractivity contribution is -0.157. The molecular formula is C37H39N3O8. The van der Waals surface area contributed by atoms with Crippen LogP contribution in [0.25, 0.3) is 6.08 Å². The first-order chi connectivity index (χ1) is 23.2. The summed E-state index contributed by atoms with van der Waals surface area (Å²) in [5, 5.41) is 14.2. The van der Waals surface area contributed by atoms with Crippen LogP contribution in [0.1, 0.15) is 39.9 Å². The van der Waals surface area contributed by atoms with Gasteiger partial charge in [0, 0.05) is 62.8 Å². The number of aliphatic hydroxyl groups is 1. The molecule has 3 unspecified atom stereocenters. The fourth-order valence-corrected chi connectivity index (χ4v) is 5.62. The monoisotopic (exact) mass is 653 g/mol. The van der Waals surface area contributed by atoms with E-state index in [9.17, 15) is 19.2 Å². The number of carbonyl (C=O) groups is 4. The summed E-state index contributed by atoms with van der Waals surface area (Å²) in [7, 11) is 3.27. The summed E-state index contributed by atoms with van der Waals surface area (Å²) in [4.78, 5) is 52.8. The Hall–Kier alpha value is -5.10. The molecule has 3 amide bonds. The Kier molecular flexibility index (Phi) is 11.2. The number of nitrogens with one attached hydrogen (secondary N) is 2. The highest BCUT2D eigenvalue weighted by atomic mass is 16.8. The second kappa shape index (κ2) is 15.7. The molecule has 1 heterocycles. The first-order valence-electron chi connectivity index (χ1n) is 15.7. The molecule has 0 radical (unpaired) electrons. The van der Waals surface area contributed by atoms with Crippen molar-refractivity contribution in [2.75, 3.05) is 33.8 Å². The molecule has 1 saturated heterocycles. The molecule has 48 heavy (non-hydrogen) atoms. The number of hydrogen-bond acceptors (Lipinski definition) is 8. The Morgan fingerprint density at radius 3 is 2.19 bits per heavy atom. The zero-order chi connectivity index (χ0) is 34.1. The van der Waals surface area contributed by atoms with Gasteiger partial charge in [-0.1, -0.05) is 78.9 Å². The molecule has 1 aliphatic carbocycles. The van der Waals surface area contributed by atoms with Gasteiger partial charge in [0.1, 0.15) is 18.3 Å². The Morgan fingerprint density at radius 2 is 1.54 bits per heavy atom. The Morgan fingerprint density at radius 1 is 0.896 bits per heavy atom. The van der Waals surface area contributed by atoms with Gasteiger partial charge in [0.25, 0.3) is 0 Å². The van der Waals surface area contributed by atoms with Crippen molar-refractivity contribution >= 4 is 29.8 Å². The lowest BCUT2D eigenvalue weighted by Crippen LogP contribution is -2.44. The van der Waals surface area contributed by atoms with Gasteiger partial charge in [-0.2, -0.15) is 0 Å². The Balaban J connectivity index is 1.45. The van der Waals surface area contributed by atoms with Crippen LogP contribution in [0.3, 0.4) is 0 Å². The number of hydrogen-bond donors (Lipinski definition) is 3. The van der Waals surface area contributed by atoms with Crippen LogP contribution < -0.4 is 10.6 Å². The lowest BCUT2D eigenvalue weighted by atomic mass is 9.91.